The summed E-state index contributed by atoms with van der Waals surface area (Å²) in [6.45, 7) is 4.51. The molecule has 0 radical (unpaired) electrons. The first-order valence-corrected chi connectivity index (χ1v) is 7.46. The summed E-state index contributed by atoms with van der Waals surface area (Å²) >= 11 is 0. The summed E-state index contributed by atoms with van der Waals surface area (Å²) < 4.78 is 26.0. The van der Waals surface area contributed by atoms with Gasteiger partial charge in [-0.05, 0) is 25.5 Å². The first-order chi connectivity index (χ1) is 8.52. The fourth-order valence-electron chi connectivity index (χ4n) is 1.66. The Morgan fingerprint density at radius 2 is 1.83 bits per heavy atom. The van der Waals surface area contributed by atoms with Crippen molar-refractivity contribution >= 4 is 16.3 Å². The zero-order valence-electron chi connectivity index (χ0n) is 10.8. The Labute approximate surface area is 109 Å². The van der Waals surface area contributed by atoms with Crippen LogP contribution in [0, 0.1) is 6.92 Å². The van der Waals surface area contributed by atoms with E-state index in [2.05, 4.69) is 0 Å². The molecule has 0 saturated carbocycles. The lowest BCUT2D eigenvalue weighted by Crippen LogP contribution is -2.31. The fourth-order valence-corrected chi connectivity index (χ4v) is 3.15. The van der Waals surface area contributed by atoms with Crippen LogP contribution < -0.4 is 0 Å². The molecule has 1 rings (SSSR count). The highest BCUT2D eigenvalue weighted by molar-refractivity contribution is 7.89. The highest BCUT2D eigenvalue weighted by Gasteiger charge is 2.22. The van der Waals surface area contributed by atoms with Gasteiger partial charge in [0.2, 0.25) is 10.0 Å². The van der Waals surface area contributed by atoms with Crippen LogP contribution in [0.5, 0.6) is 0 Å². The minimum absolute atomic E-state index is 0.307. The van der Waals surface area contributed by atoms with E-state index >= 15 is 0 Å². The van der Waals surface area contributed by atoms with E-state index in [1.807, 2.05) is 6.92 Å². The number of hydrogen-bond acceptors (Lipinski definition) is 3. The van der Waals surface area contributed by atoms with Crippen molar-refractivity contribution < 1.29 is 13.2 Å². The average molecular weight is 269 g/mol. The molecule has 0 aliphatic rings. The van der Waals surface area contributed by atoms with Crippen molar-refractivity contribution in [2.24, 2.45) is 0 Å². The Morgan fingerprint density at radius 1 is 1.22 bits per heavy atom. The van der Waals surface area contributed by atoms with Crippen LogP contribution in [0.4, 0.5) is 0 Å². The molecule has 0 amide bonds. The van der Waals surface area contributed by atoms with E-state index in [1.165, 1.54) is 4.31 Å². The molecule has 0 fully saturated rings. The normalized spacial score (nSPS) is 11.7. The van der Waals surface area contributed by atoms with Crippen LogP contribution in [0.25, 0.3) is 0 Å². The molecule has 0 saturated heterocycles. The second-order valence-corrected chi connectivity index (χ2v) is 6.06. The molecule has 0 aliphatic heterocycles. The number of carbonyl (C=O) groups excluding carboxylic acids is 1. The molecular weight excluding hydrogens is 250 g/mol. The van der Waals surface area contributed by atoms with E-state index in [0.29, 0.717) is 30.8 Å². The zero-order chi connectivity index (χ0) is 13.6. The van der Waals surface area contributed by atoms with Gasteiger partial charge in [-0.3, -0.25) is 0 Å². The molecule has 0 N–H and O–H groups in total. The SMILES string of the molecule is CCN(CCCC=O)S(=O)(=O)c1ccc(C)cc1. The van der Waals surface area contributed by atoms with Gasteiger partial charge in [0, 0.05) is 19.5 Å². The van der Waals surface area contributed by atoms with Crippen molar-refractivity contribution in [3.05, 3.63) is 29.8 Å². The highest BCUT2D eigenvalue weighted by atomic mass is 32.2. The number of rotatable bonds is 7. The van der Waals surface area contributed by atoms with Gasteiger partial charge in [0.15, 0.2) is 0 Å². The maximum absolute atomic E-state index is 12.3. The van der Waals surface area contributed by atoms with Crippen LogP contribution >= 0.6 is 0 Å². The Morgan fingerprint density at radius 3 is 2.33 bits per heavy atom. The van der Waals surface area contributed by atoms with Gasteiger partial charge >= 0.3 is 0 Å². The van der Waals surface area contributed by atoms with Crippen LogP contribution in [0.1, 0.15) is 25.3 Å². The van der Waals surface area contributed by atoms with E-state index in [-0.39, 0.29) is 0 Å². The van der Waals surface area contributed by atoms with Gasteiger partial charge < -0.3 is 4.79 Å². The number of nitrogens with zero attached hydrogens (tertiary/aromatic N) is 1. The number of sulfonamides is 1. The van der Waals surface area contributed by atoms with Crippen molar-refractivity contribution in [2.45, 2.75) is 31.6 Å². The number of carbonyl (C=O) groups is 1. The van der Waals surface area contributed by atoms with Gasteiger partial charge in [-0.15, -0.1) is 0 Å². The van der Waals surface area contributed by atoms with Crippen LogP contribution in [0.15, 0.2) is 29.2 Å². The molecule has 100 valence electrons. The van der Waals surface area contributed by atoms with E-state index in [1.54, 1.807) is 31.2 Å². The maximum Gasteiger partial charge on any atom is 0.243 e. The second kappa shape index (κ2) is 6.66. The predicted octanol–water partition coefficient (Wildman–Crippen LogP) is 1.98. The maximum atomic E-state index is 12.3. The first kappa shape index (κ1) is 14.9. The van der Waals surface area contributed by atoms with Gasteiger partial charge in [0.25, 0.3) is 0 Å². The molecule has 0 heterocycles. The molecule has 1 aromatic carbocycles. The third kappa shape index (κ3) is 3.65. The summed E-state index contributed by atoms with van der Waals surface area (Å²) in [4.78, 5) is 10.6. The quantitative estimate of drug-likeness (QED) is 0.562. The zero-order valence-corrected chi connectivity index (χ0v) is 11.6. The first-order valence-electron chi connectivity index (χ1n) is 6.02. The van der Waals surface area contributed by atoms with Crippen molar-refractivity contribution in [2.75, 3.05) is 13.1 Å². The van der Waals surface area contributed by atoms with Gasteiger partial charge in [0.05, 0.1) is 4.90 Å². The number of hydrogen-bond donors (Lipinski definition) is 0. The molecule has 4 nitrogen and oxygen atoms in total. The van der Waals surface area contributed by atoms with Crippen LogP contribution in [-0.2, 0) is 14.8 Å². The van der Waals surface area contributed by atoms with Crippen molar-refractivity contribution in [1.29, 1.82) is 0 Å². The van der Waals surface area contributed by atoms with E-state index in [0.717, 1.165) is 11.8 Å². The monoisotopic (exact) mass is 269 g/mol. The lowest BCUT2D eigenvalue weighted by Gasteiger charge is -2.20. The molecular formula is C13H19NO3S. The molecule has 0 atom stereocenters. The molecule has 0 unspecified atom stereocenters. The smallest absolute Gasteiger partial charge is 0.243 e. The van der Waals surface area contributed by atoms with Crippen LogP contribution in [-0.4, -0.2) is 32.1 Å². The Hall–Kier alpha value is -1.20. The topological polar surface area (TPSA) is 54.5 Å². The summed E-state index contributed by atoms with van der Waals surface area (Å²) in [5, 5.41) is 0. The Bertz CT molecular complexity index is 479. The summed E-state index contributed by atoms with van der Waals surface area (Å²) in [6, 6.07) is 6.80. The van der Waals surface area contributed by atoms with Gasteiger partial charge in [0.1, 0.15) is 6.29 Å². The van der Waals surface area contributed by atoms with Gasteiger partial charge in [-0.25, -0.2) is 8.42 Å². The Balaban J connectivity index is 2.88. The molecule has 0 aliphatic carbocycles. The number of benzene rings is 1. The van der Waals surface area contributed by atoms with Crippen molar-refractivity contribution in [3.63, 3.8) is 0 Å². The van der Waals surface area contributed by atoms with E-state index < -0.39 is 10.0 Å². The van der Waals surface area contributed by atoms with Crippen LogP contribution in [0.3, 0.4) is 0 Å². The predicted molar refractivity (Wildman–Crippen MR) is 70.9 cm³/mol. The number of aryl methyl sites for hydroxylation is 1. The largest absolute Gasteiger partial charge is 0.303 e. The minimum atomic E-state index is -3.43. The third-order valence-corrected chi connectivity index (χ3v) is 4.73. The fraction of sp³-hybridized carbons (Fsp3) is 0.462. The number of aldehydes is 1. The molecule has 0 spiro atoms. The average Bonchev–Trinajstić information content (AvgIpc) is 2.35. The lowest BCUT2D eigenvalue weighted by molar-refractivity contribution is -0.107. The molecule has 5 heteroatoms. The molecule has 0 bridgehead atoms. The summed E-state index contributed by atoms with van der Waals surface area (Å²) in [7, 11) is -3.43. The Kier molecular flexibility index (Phi) is 5.50. The minimum Gasteiger partial charge on any atom is -0.303 e. The van der Waals surface area contributed by atoms with Gasteiger partial charge in [-0.1, -0.05) is 24.6 Å². The summed E-state index contributed by atoms with van der Waals surface area (Å²) in [6.07, 6.45) is 1.76. The summed E-state index contributed by atoms with van der Waals surface area (Å²) in [5.41, 5.74) is 1.03. The van der Waals surface area contributed by atoms with Crippen molar-refractivity contribution in [3.8, 4) is 0 Å². The number of unbranched alkanes of at least 4 members (excludes halogenated alkanes) is 1. The van der Waals surface area contributed by atoms with Gasteiger partial charge in [-0.2, -0.15) is 4.31 Å². The third-order valence-electron chi connectivity index (χ3n) is 2.74. The van der Waals surface area contributed by atoms with E-state index in [4.69, 9.17) is 0 Å². The standard InChI is InChI=1S/C13H19NO3S/c1-3-14(10-4-5-11-15)18(16,17)13-8-6-12(2)7-9-13/h6-9,11H,3-5,10H2,1-2H3. The summed E-state index contributed by atoms with van der Waals surface area (Å²) in [5.74, 6) is 0. The highest BCUT2D eigenvalue weighted by Crippen LogP contribution is 2.16. The van der Waals surface area contributed by atoms with Crippen molar-refractivity contribution in [1.82, 2.24) is 4.31 Å². The molecule has 1 aromatic rings. The molecule has 18 heavy (non-hydrogen) atoms. The van der Waals surface area contributed by atoms with E-state index in [9.17, 15) is 13.2 Å². The van der Waals surface area contributed by atoms with Crippen LogP contribution in [0.2, 0.25) is 0 Å². The molecule has 0 aromatic heterocycles. The second-order valence-electron chi connectivity index (χ2n) is 4.12. The lowest BCUT2D eigenvalue weighted by atomic mass is 10.2.